The molecule has 1 aromatic carbocycles. The van der Waals surface area contributed by atoms with Crippen LogP contribution in [0.15, 0.2) is 10.5 Å². The minimum Gasteiger partial charge on any atom is -0.496 e. The van der Waals surface area contributed by atoms with Gasteiger partial charge < -0.3 is 15.6 Å². The quantitative estimate of drug-likeness (QED) is 0.868. The van der Waals surface area contributed by atoms with Crippen LogP contribution in [0.4, 0.5) is 0 Å². The van der Waals surface area contributed by atoms with E-state index in [1.807, 2.05) is 13.0 Å². The van der Waals surface area contributed by atoms with Gasteiger partial charge in [0.15, 0.2) is 0 Å². The van der Waals surface area contributed by atoms with Crippen LogP contribution in [-0.2, 0) is 4.79 Å². The topological polar surface area (TPSA) is 72.5 Å². The Kier molecular flexibility index (Phi) is 5.38. The van der Waals surface area contributed by atoms with Gasteiger partial charge in [-0.15, -0.1) is 0 Å². The van der Waals surface area contributed by atoms with E-state index in [9.17, 15) is 4.79 Å². The molecule has 0 fully saturated rings. The standard InChI is InChI=1S/C14H20BrNO3/c1-7(2)9-5-10(15)8(3)13(14(9)19-4)11(16)6-12(17)18/h5,7,11H,6,16H2,1-4H3,(H,17,18). The van der Waals surface area contributed by atoms with Crippen molar-refractivity contribution in [1.29, 1.82) is 0 Å². The molecule has 4 nitrogen and oxygen atoms in total. The molecule has 106 valence electrons. The second-order valence-corrected chi connectivity index (χ2v) is 5.73. The van der Waals surface area contributed by atoms with Gasteiger partial charge in [-0.05, 0) is 30.0 Å². The largest absolute Gasteiger partial charge is 0.496 e. The van der Waals surface area contributed by atoms with E-state index in [1.54, 1.807) is 7.11 Å². The Morgan fingerprint density at radius 2 is 2.11 bits per heavy atom. The number of hydrogen-bond acceptors (Lipinski definition) is 3. The zero-order chi connectivity index (χ0) is 14.7. The van der Waals surface area contributed by atoms with Crippen LogP contribution in [0, 0.1) is 6.92 Å². The van der Waals surface area contributed by atoms with Gasteiger partial charge in [0.2, 0.25) is 0 Å². The van der Waals surface area contributed by atoms with Gasteiger partial charge >= 0.3 is 5.97 Å². The van der Waals surface area contributed by atoms with Gasteiger partial charge in [-0.25, -0.2) is 0 Å². The number of rotatable bonds is 5. The van der Waals surface area contributed by atoms with Crippen molar-refractivity contribution in [3.8, 4) is 5.75 Å². The first-order valence-corrected chi connectivity index (χ1v) is 6.93. The Morgan fingerprint density at radius 3 is 2.53 bits per heavy atom. The van der Waals surface area contributed by atoms with Crippen molar-refractivity contribution in [2.45, 2.75) is 39.2 Å². The van der Waals surface area contributed by atoms with Crippen molar-refractivity contribution in [1.82, 2.24) is 0 Å². The van der Waals surface area contributed by atoms with Crippen LogP contribution in [0.3, 0.4) is 0 Å². The van der Waals surface area contributed by atoms with Crippen LogP contribution in [0.2, 0.25) is 0 Å². The van der Waals surface area contributed by atoms with Crippen LogP contribution >= 0.6 is 15.9 Å². The summed E-state index contributed by atoms with van der Waals surface area (Å²) in [5.41, 5.74) is 8.75. The number of aliphatic carboxylic acids is 1. The molecule has 3 N–H and O–H groups in total. The molecule has 1 atom stereocenters. The fourth-order valence-corrected chi connectivity index (χ4v) is 2.62. The summed E-state index contributed by atoms with van der Waals surface area (Å²) in [6.07, 6.45) is -0.120. The predicted octanol–water partition coefficient (Wildman–Crippen LogP) is 3.36. The molecule has 0 aromatic heterocycles. The van der Waals surface area contributed by atoms with E-state index in [2.05, 4.69) is 29.8 Å². The monoisotopic (exact) mass is 329 g/mol. The molecule has 0 bridgehead atoms. The second-order valence-electron chi connectivity index (χ2n) is 4.88. The molecular formula is C14H20BrNO3. The molecule has 1 aromatic rings. The Bertz CT molecular complexity index is 486. The highest BCUT2D eigenvalue weighted by atomic mass is 79.9. The van der Waals surface area contributed by atoms with Crippen molar-refractivity contribution in [2.24, 2.45) is 5.73 Å². The molecule has 0 aliphatic carbocycles. The van der Waals surface area contributed by atoms with E-state index in [0.29, 0.717) is 5.75 Å². The van der Waals surface area contributed by atoms with E-state index in [4.69, 9.17) is 15.6 Å². The lowest BCUT2D eigenvalue weighted by Crippen LogP contribution is -2.18. The smallest absolute Gasteiger partial charge is 0.305 e. The first-order valence-electron chi connectivity index (χ1n) is 6.13. The molecule has 1 rings (SSSR count). The first kappa shape index (κ1) is 16.0. The maximum absolute atomic E-state index is 10.9. The van der Waals surface area contributed by atoms with E-state index in [0.717, 1.165) is 21.2 Å². The summed E-state index contributed by atoms with van der Waals surface area (Å²) in [6.45, 7) is 6.03. The molecule has 0 aliphatic rings. The molecule has 0 spiro atoms. The van der Waals surface area contributed by atoms with E-state index in [1.165, 1.54) is 0 Å². The summed E-state index contributed by atoms with van der Waals surface area (Å²) in [5, 5.41) is 8.91. The molecular weight excluding hydrogens is 310 g/mol. The number of ether oxygens (including phenoxy) is 1. The van der Waals surface area contributed by atoms with E-state index in [-0.39, 0.29) is 12.3 Å². The molecule has 0 radical (unpaired) electrons. The van der Waals surface area contributed by atoms with Gasteiger partial charge in [0.25, 0.3) is 0 Å². The third kappa shape index (κ3) is 3.48. The number of carbonyl (C=O) groups is 1. The second kappa shape index (κ2) is 6.39. The summed E-state index contributed by atoms with van der Waals surface area (Å²) in [7, 11) is 1.59. The fourth-order valence-electron chi connectivity index (χ4n) is 2.16. The normalized spacial score (nSPS) is 12.6. The molecule has 5 heteroatoms. The van der Waals surface area contributed by atoms with Gasteiger partial charge in [0, 0.05) is 16.1 Å². The number of nitrogens with two attached hydrogens (primary N) is 1. The van der Waals surface area contributed by atoms with Crippen LogP contribution in [0.5, 0.6) is 5.75 Å². The molecule has 0 saturated carbocycles. The molecule has 0 saturated heterocycles. The minimum atomic E-state index is -0.917. The average Bonchev–Trinajstić information content (AvgIpc) is 2.30. The lowest BCUT2D eigenvalue weighted by Gasteiger charge is -2.22. The minimum absolute atomic E-state index is 0.120. The van der Waals surface area contributed by atoms with Crippen LogP contribution in [0.25, 0.3) is 0 Å². The lowest BCUT2D eigenvalue weighted by atomic mass is 9.91. The van der Waals surface area contributed by atoms with Crippen molar-refractivity contribution < 1.29 is 14.6 Å². The van der Waals surface area contributed by atoms with Gasteiger partial charge in [0.05, 0.1) is 13.5 Å². The SMILES string of the molecule is COc1c(C(C)C)cc(Br)c(C)c1C(N)CC(=O)O. The third-order valence-electron chi connectivity index (χ3n) is 3.14. The number of hydrogen-bond donors (Lipinski definition) is 2. The summed E-state index contributed by atoms with van der Waals surface area (Å²) >= 11 is 3.50. The van der Waals surface area contributed by atoms with Crippen molar-refractivity contribution in [3.63, 3.8) is 0 Å². The number of methoxy groups -OCH3 is 1. The Balaban J connectivity index is 3.46. The summed E-state index contributed by atoms with van der Waals surface area (Å²) < 4.78 is 6.41. The Morgan fingerprint density at radius 1 is 1.53 bits per heavy atom. The molecule has 0 amide bonds. The van der Waals surface area contributed by atoms with Crippen LogP contribution in [0.1, 0.15) is 48.9 Å². The highest BCUT2D eigenvalue weighted by molar-refractivity contribution is 9.10. The van der Waals surface area contributed by atoms with E-state index < -0.39 is 12.0 Å². The summed E-state index contributed by atoms with van der Waals surface area (Å²) in [5.74, 6) is 0.0482. The Hall–Kier alpha value is -1.07. The zero-order valence-electron chi connectivity index (χ0n) is 11.7. The number of carboxylic acids is 1. The maximum Gasteiger partial charge on any atom is 0.305 e. The highest BCUT2D eigenvalue weighted by Gasteiger charge is 2.23. The number of benzene rings is 1. The van der Waals surface area contributed by atoms with Gasteiger partial charge in [0.1, 0.15) is 5.75 Å². The molecule has 1 unspecified atom stereocenters. The van der Waals surface area contributed by atoms with Crippen LogP contribution in [-0.4, -0.2) is 18.2 Å². The zero-order valence-corrected chi connectivity index (χ0v) is 13.2. The highest BCUT2D eigenvalue weighted by Crippen LogP contribution is 2.39. The third-order valence-corrected chi connectivity index (χ3v) is 3.97. The molecule has 19 heavy (non-hydrogen) atoms. The van der Waals surface area contributed by atoms with Crippen molar-refractivity contribution >= 4 is 21.9 Å². The molecule has 0 aliphatic heterocycles. The number of carboxylic acid groups (broad SMARTS) is 1. The Labute approximate surface area is 122 Å². The predicted molar refractivity (Wildman–Crippen MR) is 78.7 cm³/mol. The number of halogens is 1. The summed E-state index contributed by atoms with van der Waals surface area (Å²) in [6, 6.07) is 1.43. The summed E-state index contributed by atoms with van der Waals surface area (Å²) in [4.78, 5) is 10.9. The van der Waals surface area contributed by atoms with Crippen molar-refractivity contribution in [3.05, 3.63) is 27.2 Å². The van der Waals surface area contributed by atoms with Crippen LogP contribution < -0.4 is 10.5 Å². The molecule has 0 heterocycles. The van der Waals surface area contributed by atoms with Gasteiger partial charge in [-0.2, -0.15) is 0 Å². The fraction of sp³-hybridized carbons (Fsp3) is 0.500. The van der Waals surface area contributed by atoms with Gasteiger partial charge in [-0.1, -0.05) is 29.8 Å². The van der Waals surface area contributed by atoms with Gasteiger partial charge in [-0.3, -0.25) is 4.79 Å². The van der Waals surface area contributed by atoms with Crippen molar-refractivity contribution in [2.75, 3.05) is 7.11 Å². The first-order chi connectivity index (χ1) is 8.79. The van der Waals surface area contributed by atoms with E-state index >= 15 is 0 Å². The average molecular weight is 330 g/mol. The lowest BCUT2D eigenvalue weighted by molar-refractivity contribution is -0.137. The maximum atomic E-state index is 10.9.